The van der Waals surface area contributed by atoms with Crippen molar-refractivity contribution in [1.29, 1.82) is 0 Å². The van der Waals surface area contributed by atoms with Gasteiger partial charge in [-0.3, -0.25) is 15.4 Å². The van der Waals surface area contributed by atoms with Gasteiger partial charge in [-0.2, -0.15) is 0 Å². The maximum atomic E-state index is 12.0. The summed E-state index contributed by atoms with van der Waals surface area (Å²) in [6.45, 7) is 8.03. The number of anilines is 1. The molecular weight excluding hydrogens is 456 g/mol. The van der Waals surface area contributed by atoms with E-state index >= 15 is 0 Å². The predicted molar refractivity (Wildman–Crippen MR) is 148 cm³/mol. The molecular formula is C29H50N2O5. The lowest BCUT2D eigenvalue weighted by molar-refractivity contribution is -0.384. The first kappa shape index (κ1) is 31.7. The van der Waals surface area contributed by atoms with Gasteiger partial charge in [0.05, 0.1) is 23.3 Å². The molecule has 0 fully saturated rings. The van der Waals surface area contributed by atoms with E-state index in [0.717, 1.165) is 12.8 Å². The maximum absolute atomic E-state index is 12.0. The van der Waals surface area contributed by atoms with Crippen molar-refractivity contribution < 1.29 is 19.2 Å². The largest absolute Gasteiger partial charge is 0.493 e. The zero-order valence-corrected chi connectivity index (χ0v) is 23.2. The third kappa shape index (κ3) is 17.2. The molecule has 0 saturated carbocycles. The first-order valence-electron chi connectivity index (χ1n) is 14.1. The van der Waals surface area contributed by atoms with E-state index in [1.54, 1.807) is 26.8 Å². The van der Waals surface area contributed by atoms with Crippen LogP contribution in [-0.4, -0.2) is 23.2 Å². The van der Waals surface area contributed by atoms with Crippen LogP contribution in [-0.2, 0) is 4.74 Å². The minimum Gasteiger partial charge on any atom is -0.493 e. The summed E-state index contributed by atoms with van der Waals surface area (Å²) in [7, 11) is 0. The summed E-state index contributed by atoms with van der Waals surface area (Å²) in [5.74, 6) is 0.371. The third-order valence-corrected chi connectivity index (χ3v) is 6.01. The number of nitrogens with zero attached hydrogens (tertiary/aromatic N) is 1. The topological polar surface area (TPSA) is 90.7 Å². The monoisotopic (exact) mass is 506 g/mol. The van der Waals surface area contributed by atoms with Crippen LogP contribution in [0.1, 0.15) is 130 Å². The summed E-state index contributed by atoms with van der Waals surface area (Å²) in [6.07, 6.45) is 20.2. The molecule has 0 atom stereocenters. The second kappa shape index (κ2) is 18.9. The Balaban J connectivity index is 2.14. The normalized spacial score (nSPS) is 11.3. The fraction of sp³-hybridized carbons (Fsp3) is 0.759. The summed E-state index contributed by atoms with van der Waals surface area (Å²) in [4.78, 5) is 22.8. The van der Waals surface area contributed by atoms with Crippen LogP contribution in [0, 0.1) is 10.1 Å². The molecule has 0 aliphatic carbocycles. The molecule has 1 amide bonds. The molecule has 0 saturated heterocycles. The Bertz CT molecular complexity index is 746. The zero-order valence-electron chi connectivity index (χ0n) is 23.2. The van der Waals surface area contributed by atoms with Crippen LogP contribution in [0.3, 0.4) is 0 Å². The van der Waals surface area contributed by atoms with Gasteiger partial charge in [0.15, 0.2) is 0 Å². The minimum atomic E-state index is -0.660. The van der Waals surface area contributed by atoms with Crippen molar-refractivity contribution in [3.63, 3.8) is 0 Å². The molecule has 36 heavy (non-hydrogen) atoms. The van der Waals surface area contributed by atoms with Gasteiger partial charge < -0.3 is 9.47 Å². The van der Waals surface area contributed by atoms with Crippen LogP contribution in [0.4, 0.5) is 16.2 Å². The number of carbonyl (C=O) groups excluding carboxylic acids is 1. The third-order valence-electron chi connectivity index (χ3n) is 6.01. The van der Waals surface area contributed by atoms with Gasteiger partial charge in [-0.25, -0.2) is 4.79 Å². The highest BCUT2D eigenvalue weighted by Gasteiger charge is 2.18. The van der Waals surface area contributed by atoms with E-state index in [1.165, 1.54) is 102 Å². The zero-order chi connectivity index (χ0) is 26.7. The Labute approximate surface area is 218 Å². The molecule has 0 aliphatic rings. The standard InChI is InChI=1S/C29H50N2O5/c1-5-6-7-8-9-10-11-12-13-14-15-16-17-18-19-20-21-35-27-23-25(22-26(24-27)31(33)34)30-28(32)36-29(2,3)4/h22-24H,5-21H2,1-4H3,(H,30,32). The summed E-state index contributed by atoms with van der Waals surface area (Å²) in [5, 5.41) is 13.8. The van der Waals surface area contributed by atoms with Gasteiger partial charge in [-0.1, -0.05) is 103 Å². The highest BCUT2D eigenvalue weighted by Crippen LogP contribution is 2.27. The lowest BCUT2D eigenvalue weighted by Gasteiger charge is -2.19. The molecule has 0 aromatic heterocycles. The molecule has 7 heteroatoms. The average Bonchev–Trinajstić information content (AvgIpc) is 2.79. The van der Waals surface area contributed by atoms with E-state index in [2.05, 4.69) is 12.2 Å². The number of ether oxygens (including phenoxy) is 2. The molecule has 206 valence electrons. The lowest BCUT2D eigenvalue weighted by Crippen LogP contribution is -2.27. The van der Waals surface area contributed by atoms with Crippen molar-refractivity contribution in [1.82, 2.24) is 0 Å². The van der Waals surface area contributed by atoms with Crippen LogP contribution >= 0.6 is 0 Å². The molecule has 0 unspecified atom stereocenters. The van der Waals surface area contributed by atoms with Gasteiger partial charge in [0.1, 0.15) is 11.4 Å². The summed E-state index contributed by atoms with van der Waals surface area (Å²) in [6, 6.07) is 4.27. The maximum Gasteiger partial charge on any atom is 0.412 e. The SMILES string of the molecule is CCCCCCCCCCCCCCCCCCOc1cc(NC(=O)OC(C)(C)C)cc([N+](=O)[O-])c1. The van der Waals surface area contributed by atoms with E-state index in [4.69, 9.17) is 9.47 Å². The number of hydrogen-bond donors (Lipinski definition) is 1. The van der Waals surface area contributed by atoms with E-state index in [1.807, 2.05) is 0 Å². The molecule has 1 aromatic carbocycles. The number of amides is 1. The first-order valence-corrected chi connectivity index (χ1v) is 14.1. The fourth-order valence-corrected chi connectivity index (χ4v) is 4.11. The number of benzene rings is 1. The average molecular weight is 507 g/mol. The van der Waals surface area contributed by atoms with E-state index < -0.39 is 16.6 Å². The number of hydrogen-bond acceptors (Lipinski definition) is 5. The number of nitro benzene ring substituents is 1. The van der Waals surface area contributed by atoms with Crippen molar-refractivity contribution in [2.45, 2.75) is 136 Å². The van der Waals surface area contributed by atoms with Crippen LogP contribution in [0.15, 0.2) is 18.2 Å². The minimum absolute atomic E-state index is 0.134. The second-order valence-corrected chi connectivity index (χ2v) is 10.8. The molecule has 0 heterocycles. The quantitative estimate of drug-likeness (QED) is 0.108. The Morgan fingerprint density at radius 2 is 1.28 bits per heavy atom. The van der Waals surface area contributed by atoms with Crippen LogP contribution in [0.2, 0.25) is 0 Å². The van der Waals surface area contributed by atoms with Gasteiger partial charge in [0.25, 0.3) is 5.69 Å². The van der Waals surface area contributed by atoms with Crippen molar-refractivity contribution in [2.75, 3.05) is 11.9 Å². The Kier molecular flexibility index (Phi) is 16.6. The molecule has 7 nitrogen and oxygen atoms in total. The van der Waals surface area contributed by atoms with Crippen molar-refractivity contribution >= 4 is 17.5 Å². The number of non-ortho nitro benzene ring substituents is 1. The van der Waals surface area contributed by atoms with Gasteiger partial charge in [0, 0.05) is 12.1 Å². The smallest absolute Gasteiger partial charge is 0.412 e. The Morgan fingerprint density at radius 1 is 0.806 bits per heavy atom. The number of carbonyl (C=O) groups is 1. The lowest BCUT2D eigenvalue weighted by atomic mass is 10.0. The van der Waals surface area contributed by atoms with Crippen molar-refractivity contribution in [3.8, 4) is 5.75 Å². The second-order valence-electron chi connectivity index (χ2n) is 10.8. The molecule has 1 rings (SSSR count). The highest BCUT2D eigenvalue weighted by atomic mass is 16.6. The highest BCUT2D eigenvalue weighted by molar-refractivity contribution is 5.85. The molecule has 0 aliphatic heterocycles. The van der Waals surface area contributed by atoms with Crippen molar-refractivity contribution in [3.05, 3.63) is 28.3 Å². The van der Waals surface area contributed by atoms with Gasteiger partial charge in [0.2, 0.25) is 0 Å². The number of unbranched alkanes of at least 4 members (excludes halogenated alkanes) is 15. The summed E-state index contributed by atoms with van der Waals surface area (Å²) >= 11 is 0. The van der Waals surface area contributed by atoms with Crippen LogP contribution in [0.25, 0.3) is 0 Å². The van der Waals surface area contributed by atoms with Gasteiger partial charge >= 0.3 is 6.09 Å². The first-order chi connectivity index (χ1) is 17.2. The fourth-order valence-electron chi connectivity index (χ4n) is 4.11. The number of nitro groups is 1. The van der Waals surface area contributed by atoms with Gasteiger partial charge in [-0.05, 0) is 27.2 Å². The van der Waals surface area contributed by atoms with E-state index in [0.29, 0.717) is 12.4 Å². The summed E-state index contributed by atoms with van der Waals surface area (Å²) < 4.78 is 11.0. The van der Waals surface area contributed by atoms with E-state index in [9.17, 15) is 14.9 Å². The number of rotatable bonds is 20. The molecule has 1 aromatic rings. The molecule has 0 radical (unpaired) electrons. The van der Waals surface area contributed by atoms with E-state index in [-0.39, 0.29) is 11.4 Å². The van der Waals surface area contributed by atoms with Crippen LogP contribution < -0.4 is 10.1 Å². The van der Waals surface area contributed by atoms with Crippen molar-refractivity contribution in [2.24, 2.45) is 0 Å². The predicted octanol–water partition coefficient (Wildman–Crippen LogP) is 9.58. The molecule has 1 N–H and O–H groups in total. The summed E-state index contributed by atoms with van der Waals surface area (Å²) in [5.41, 5.74) is -0.511. The Hall–Kier alpha value is -2.31. The van der Waals surface area contributed by atoms with Crippen LogP contribution in [0.5, 0.6) is 5.75 Å². The van der Waals surface area contributed by atoms with Gasteiger partial charge in [-0.15, -0.1) is 0 Å². The molecule has 0 spiro atoms. The molecule has 0 bridgehead atoms. The Morgan fingerprint density at radius 3 is 1.72 bits per heavy atom. The number of nitrogens with one attached hydrogen (secondary N) is 1.